The van der Waals surface area contributed by atoms with Gasteiger partial charge in [0, 0.05) is 0 Å². The van der Waals surface area contributed by atoms with Crippen molar-refractivity contribution in [1.29, 1.82) is 0 Å². The minimum Gasteiger partial charge on any atom is -0.508 e. The van der Waals surface area contributed by atoms with Crippen LogP contribution in [0.15, 0.2) is 42.5 Å². The van der Waals surface area contributed by atoms with Gasteiger partial charge in [0.15, 0.2) is 11.5 Å². The zero-order valence-corrected chi connectivity index (χ0v) is 11.6. The number of hydrogen-bond donors (Lipinski definition) is 4. The molecule has 0 aromatic heterocycles. The van der Waals surface area contributed by atoms with Crippen molar-refractivity contribution < 1.29 is 15.3 Å². The van der Waals surface area contributed by atoms with E-state index in [1.54, 1.807) is 24.3 Å². The summed E-state index contributed by atoms with van der Waals surface area (Å²) >= 11 is 0. The molecule has 0 bridgehead atoms. The van der Waals surface area contributed by atoms with Gasteiger partial charge in [0.1, 0.15) is 5.75 Å². The van der Waals surface area contributed by atoms with E-state index >= 15 is 0 Å². The molecule has 5 N–H and O–H groups in total. The van der Waals surface area contributed by atoms with Gasteiger partial charge in [-0.3, -0.25) is 0 Å². The summed E-state index contributed by atoms with van der Waals surface area (Å²) in [5, 5.41) is 26.8. The summed E-state index contributed by atoms with van der Waals surface area (Å²) in [6.07, 6.45) is 1.74. The molecule has 0 amide bonds. The van der Waals surface area contributed by atoms with Crippen LogP contribution in [0.2, 0.25) is 0 Å². The Morgan fingerprint density at radius 1 is 0.850 bits per heavy atom. The molecule has 108 valence electrons. The van der Waals surface area contributed by atoms with Gasteiger partial charge < -0.3 is 21.1 Å². The Morgan fingerprint density at radius 3 is 1.95 bits per heavy atom. The third kappa shape index (κ3) is 5.20. The Bertz CT molecular complexity index is 524. The lowest BCUT2D eigenvalue weighted by Gasteiger charge is -1.98. The van der Waals surface area contributed by atoms with E-state index in [-0.39, 0.29) is 11.5 Å². The predicted molar refractivity (Wildman–Crippen MR) is 80.0 cm³/mol. The fourth-order valence-corrected chi connectivity index (χ4v) is 1.62. The maximum Gasteiger partial charge on any atom is 0.157 e. The van der Waals surface area contributed by atoms with Crippen LogP contribution < -0.4 is 5.73 Å². The van der Waals surface area contributed by atoms with Gasteiger partial charge in [0.2, 0.25) is 0 Å². The van der Waals surface area contributed by atoms with Crippen molar-refractivity contribution >= 4 is 0 Å². The largest absolute Gasteiger partial charge is 0.508 e. The number of hydrogen-bond acceptors (Lipinski definition) is 4. The van der Waals surface area contributed by atoms with Crippen LogP contribution in [-0.2, 0) is 12.8 Å². The van der Waals surface area contributed by atoms with Crippen LogP contribution in [0, 0.1) is 0 Å². The molecule has 20 heavy (non-hydrogen) atoms. The van der Waals surface area contributed by atoms with Crippen LogP contribution in [0.5, 0.6) is 17.2 Å². The fraction of sp³-hybridized carbons (Fsp3) is 0.250. The standard InChI is InChI=1S/C8H11NO.C8H10O2/c9-6-5-7-1-3-8(10)4-2-7;1-2-6-3-4-7(9)8(10)5-6/h1-4,10H,5-6,9H2;3-5,9-10H,2H2,1H3. The molecule has 0 aliphatic carbocycles. The highest BCUT2D eigenvalue weighted by Gasteiger charge is 1.97. The van der Waals surface area contributed by atoms with Crippen LogP contribution >= 0.6 is 0 Å². The van der Waals surface area contributed by atoms with E-state index in [4.69, 9.17) is 21.1 Å². The van der Waals surface area contributed by atoms with Gasteiger partial charge in [-0.2, -0.15) is 0 Å². The van der Waals surface area contributed by atoms with Crippen molar-refractivity contribution in [2.24, 2.45) is 5.73 Å². The van der Waals surface area contributed by atoms with Crippen LogP contribution in [0.3, 0.4) is 0 Å². The van der Waals surface area contributed by atoms with Crippen molar-refractivity contribution in [3.05, 3.63) is 53.6 Å². The third-order valence-corrected chi connectivity index (χ3v) is 2.82. The molecule has 0 spiro atoms. The summed E-state index contributed by atoms with van der Waals surface area (Å²) < 4.78 is 0. The van der Waals surface area contributed by atoms with Crippen molar-refractivity contribution in [2.45, 2.75) is 19.8 Å². The summed E-state index contributed by atoms with van der Waals surface area (Å²) in [5.41, 5.74) is 7.53. The Hall–Kier alpha value is -2.20. The quantitative estimate of drug-likeness (QED) is 0.648. The molecule has 0 atom stereocenters. The van der Waals surface area contributed by atoms with Crippen LogP contribution in [0.1, 0.15) is 18.1 Å². The van der Waals surface area contributed by atoms with Crippen molar-refractivity contribution in [3.63, 3.8) is 0 Å². The summed E-state index contributed by atoms with van der Waals surface area (Å²) in [4.78, 5) is 0. The van der Waals surface area contributed by atoms with E-state index in [2.05, 4.69) is 0 Å². The highest BCUT2D eigenvalue weighted by Crippen LogP contribution is 2.24. The molecule has 0 saturated carbocycles. The molecule has 2 rings (SSSR count). The molecule has 2 aromatic rings. The van der Waals surface area contributed by atoms with Gasteiger partial charge in [-0.25, -0.2) is 0 Å². The van der Waals surface area contributed by atoms with E-state index in [0.29, 0.717) is 12.3 Å². The van der Waals surface area contributed by atoms with Crippen molar-refractivity contribution in [3.8, 4) is 17.2 Å². The van der Waals surface area contributed by atoms with Gasteiger partial charge in [-0.05, 0) is 54.8 Å². The average Bonchev–Trinajstić information content (AvgIpc) is 2.45. The second kappa shape index (κ2) is 8.07. The zero-order valence-electron chi connectivity index (χ0n) is 11.6. The molecule has 0 aliphatic heterocycles. The lowest BCUT2D eigenvalue weighted by atomic mass is 10.1. The number of nitrogens with two attached hydrogens (primary N) is 1. The minimum absolute atomic E-state index is 0.0423. The first-order valence-corrected chi connectivity index (χ1v) is 6.55. The number of aryl methyl sites for hydroxylation is 1. The Balaban J connectivity index is 0.000000200. The highest BCUT2D eigenvalue weighted by atomic mass is 16.3. The second-order valence-corrected chi connectivity index (χ2v) is 4.38. The highest BCUT2D eigenvalue weighted by molar-refractivity contribution is 5.40. The Labute approximate surface area is 119 Å². The topological polar surface area (TPSA) is 86.7 Å². The number of aromatic hydroxyl groups is 3. The maximum atomic E-state index is 8.98. The number of rotatable bonds is 3. The normalized spacial score (nSPS) is 9.70. The summed E-state index contributed by atoms with van der Waals surface area (Å²) in [7, 11) is 0. The SMILES string of the molecule is CCc1ccc(O)c(O)c1.NCCc1ccc(O)cc1. The van der Waals surface area contributed by atoms with Gasteiger partial charge in [0.05, 0.1) is 0 Å². The van der Waals surface area contributed by atoms with Crippen molar-refractivity contribution in [1.82, 2.24) is 0 Å². The first-order valence-electron chi connectivity index (χ1n) is 6.55. The van der Waals surface area contributed by atoms with Gasteiger partial charge in [-0.1, -0.05) is 25.1 Å². The first-order chi connectivity index (χ1) is 9.56. The van der Waals surface area contributed by atoms with Gasteiger partial charge in [-0.15, -0.1) is 0 Å². The summed E-state index contributed by atoms with van der Waals surface area (Å²) in [6.45, 7) is 2.65. The van der Waals surface area contributed by atoms with Crippen LogP contribution in [-0.4, -0.2) is 21.9 Å². The molecule has 2 aromatic carbocycles. The monoisotopic (exact) mass is 275 g/mol. The Kier molecular flexibility index (Phi) is 6.40. The molecule has 0 unspecified atom stereocenters. The lowest BCUT2D eigenvalue weighted by Crippen LogP contribution is -2.01. The smallest absolute Gasteiger partial charge is 0.157 e. The number of phenolic OH excluding ortho intramolecular Hbond substituents is 3. The van der Waals surface area contributed by atoms with E-state index in [1.807, 2.05) is 19.1 Å². The minimum atomic E-state index is -0.0581. The second-order valence-electron chi connectivity index (χ2n) is 4.38. The Morgan fingerprint density at radius 2 is 1.45 bits per heavy atom. The van der Waals surface area contributed by atoms with E-state index < -0.39 is 0 Å². The fourth-order valence-electron chi connectivity index (χ4n) is 1.62. The molecule has 4 heteroatoms. The number of phenols is 3. The summed E-state index contributed by atoms with van der Waals surface area (Å²) in [5.74, 6) is 0.206. The predicted octanol–water partition coefficient (Wildman–Crippen LogP) is 2.55. The van der Waals surface area contributed by atoms with Gasteiger partial charge >= 0.3 is 0 Å². The van der Waals surface area contributed by atoms with Crippen LogP contribution in [0.25, 0.3) is 0 Å². The molecule has 0 aliphatic rings. The molecule has 0 fully saturated rings. The molecular formula is C16H21NO3. The molecule has 0 radical (unpaired) electrons. The maximum absolute atomic E-state index is 8.98. The van der Waals surface area contributed by atoms with Crippen molar-refractivity contribution in [2.75, 3.05) is 6.54 Å². The molecular weight excluding hydrogens is 254 g/mol. The van der Waals surface area contributed by atoms with Crippen LogP contribution in [0.4, 0.5) is 0 Å². The number of benzene rings is 2. The molecule has 4 nitrogen and oxygen atoms in total. The molecule has 0 heterocycles. The van der Waals surface area contributed by atoms with Gasteiger partial charge in [0.25, 0.3) is 0 Å². The van der Waals surface area contributed by atoms with E-state index in [9.17, 15) is 0 Å². The van der Waals surface area contributed by atoms with E-state index in [0.717, 1.165) is 18.4 Å². The molecule has 0 saturated heterocycles. The third-order valence-electron chi connectivity index (χ3n) is 2.82. The summed E-state index contributed by atoms with van der Waals surface area (Å²) in [6, 6.07) is 11.9. The van der Waals surface area contributed by atoms with E-state index in [1.165, 1.54) is 11.6 Å². The zero-order chi connectivity index (χ0) is 15.0. The lowest BCUT2D eigenvalue weighted by molar-refractivity contribution is 0.403. The first kappa shape index (κ1) is 15.9. The average molecular weight is 275 g/mol.